The minimum Gasteiger partial charge on any atom is -0.347 e. The maximum Gasteiger partial charge on any atom is 0.283 e. The van der Waals surface area contributed by atoms with E-state index in [2.05, 4.69) is 15.0 Å². The summed E-state index contributed by atoms with van der Waals surface area (Å²) >= 11 is 1.62. The lowest BCUT2D eigenvalue weighted by molar-refractivity contribution is 0.396. The number of aryl methyl sites for hydroxylation is 1. The Hall–Kier alpha value is -1.80. The molecular formula is C17H22N4O2S2. The summed E-state index contributed by atoms with van der Waals surface area (Å²) in [7, 11) is -3.66. The average Bonchev–Trinajstić information content (AvgIpc) is 3.04. The number of benzene rings is 1. The molecule has 3 rings (SSSR count). The van der Waals surface area contributed by atoms with Crippen molar-refractivity contribution in [3.8, 4) is 0 Å². The van der Waals surface area contributed by atoms with Gasteiger partial charge in [-0.25, -0.2) is 0 Å². The first-order valence-electron chi connectivity index (χ1n) is 8.18. The number of hydrogen-bond acceptors (Lipinski definition) is 5. The normalized spacial score (nSPS) is 15.3. The number of rotatable bonds is 3. The van der Waals surface area contributed by atoms with Crippen LogP contribution < -0.4 is 0 Å². The summed E-state index contributed by atoms with van der Waals surface area (Å²) in [6.45, 7) is 6.06. The van der Waals surface area contributed by atoms with Gasteiger partial charge in [-0.15, -0.1) is 0 Å². The summed E-state index contributed by atoms with van der Waals surface area (Å²) < 4.78 is 27.0. The molecule has 0 N–H and O–H groups in total. The number of hydrogen-bond donors (Lipinski definition) is 0. The molecule has 134 valence electrons. The zero-order chi connectivity index (χ0) is 18.0. The second-order valence-electron chi connectivity index (χ2n) is 5.91. The van der Waals surface area contributed by atoms with Crippen molar-refractivity contribution >= 4 is 27.0 Å². The fourth-order valence-electron chi connectivity index (χ4n) is 2.91. The largest absolute Gasteiger partial charge is 0.347 e. The van der Waals surface area contributed by atoms with E-state index in [-0.39, 0.29) is 4.90 Å². The zero-order valence-electron chi connectivity index (χ0n) is 14.6. The highest BCUT2D eigenvalue weighted by atomic mass is 32.2. The molecule has 1 aromatic heterocycles. The molecule has 8 heteroatoms. The molecule has 0 bridgehead atoms. The van der Waals surface area contributed by atoms with E-state index in [0.29, 0.717) is 13.0 Å². The fraction of sp³-hybridized carbons (Fsp3) is 0.412. The number of nitrogens with zero attached hydrogens (tertiary/aromatic N) is 4. The van der Waals surface area contributed by atoms with Gasteiger partial charge in [0.05, 0.1) is 16.8 Å². The molecule has 0 aliphatic carbocycles. The Kier molecular flexibility index (Phi) is 5.19. The Balaban J connectivity index is 1.92. The average molecular weight is 379 g/mol. The van der Waals surface area contributed by atoms with Gasteiger partial charge in [0.15, 0.2) is 5.17 Å². The van der Waals surface area contributed by atoms with E-state index in [4.69, 9.17) is 0 Å². The molecule has 2 heterocycles. The highest BCUT2D eigenvalue weighted by molar-refractivity contribution is 8.13. The summed E-state index contributed by atoms with van der Waals surface area (Å²) in [5.74, 6) is 0. The standard InChI is InChI=1S/C17H22N4O2S2/c1-4-18-17(24-3)20-10-9-16-14(12-20)11-19-21(16)25(22,23)15-7-5-13(2)6-8-15/h5-8,11H,4,9-10,12H2,1-3H3/b18-17-. The van der Waals surface area contributed by atoms with E-state index >= 15 is 0 Å². The molecule has 0 fully saturated rings. The van der Waals surface area contributed by atoms with E-state index in [1.807, 2.05) is 20.1 Å². The van der Waals surface area contributed by atoms with Crippen molar-refractivity contribution in [2.45, 2.75) is 31.7 Å². The highest BCUT2D eigenvalue weighted by Crippen LogP contribution is 2.24. The van der Waals surface area contributed by atoms with Crippen LogP contribution in [0, 0.1) is 6.92 Å². The van der Waals surface area contributed by atoms with E-state index in [1.54, 1.807) is 42.2 Å². The minimum atomic E-state index is -3.66. The Morgan fingerprint density at radius 3 is 2.68 bits per heavy atom. The number of thioether (sulfide) groups is 1. The lowest BCUT2D eigenvalue weighted by Gasteiger charge is -2.29. The van der Waals surface area contributed by atoms with Crippen molar-refractivity contribution in [2.75, 3.05) is 19.3 Å². The summed E-state index contributed by atoms with van der Waals surface area (Å²) in [5, 5.41) is 5.18. The molecule has 0 atom stereocenters. The molecule has 0 saturated carbocycles. The van der Waals surface area contributed by atoms with E-state index in [9.17, 15) is 8.42 Å². The van der Waals surface area contributed by atoms with Crippen molar-refractivity contribution in [3.05, 3.63) is 47.3 Å². The van der Waals surface area contributed by atoms with E-state index in [0.717, 1.165) is 35.1 Å². The van der Waals surface area contributed by atoms with Crippen LogP contribution >= 0.6 is 11.8 Å². The molecule has 0 unspecified atom stereocenters. The van der Waals surface area contributed by atoms with Gasteiger partial charge in [-0.3, -0.25) is 4.99 Å². The first-order valence-corrected chi connectivity index (χ1v) is 10.8. The molecular weight excluding hydrogens is 356 g/mol. The molecule has 0 radical (unpaired) electrons. The van der Waals surface area contributed by atoms with Gasteiger partial charge in [-0.2, -0.15) is 17.6 Å². The Morgan fingerprint density at radius 1 is 1.32 bits per heavy atom. The Labute approximate surface area is 153 Å². The topological polar surface area (TPSA) is 67.6 Å². The summed E-state index contributed by atoms with van der Waals surface area (Å²) in [6, 6.07) is 6.87. The highest BCUT2D eigenvalue weighted by Gasteiger charge is 2.28. The van der Waals surface area contributed by atoms with Crippen molar-refractivity contribution in [1.82, 2.24) is 14.1 Å². The molecule has 1 aliphatic rings. The van der Waals surface area contributed by atoms with Crippen LogP contribution in [0.25, 0.3) is 0 Å². The summed E-state index contributed by atoms with van der Waals surface area (Å²) in [5.41, 5.74) is 2.74. The second kappa shape index (κ2) is 7.21. The monoisotopic (exact) mass is 378 g/mol. The van der Waals surface area contributed by atoms with Crippen LogP contribution in [-0.4, -0.2) is 47.0 Å². The molecule has 0 amide bonds. The molecule has 0 spiro atoms. The molecule has 1 aliphatic heterocycles. The van der Waals surface area contributed by atoms with Crippen LogP contribution in [0.4, 0.5) is 0 Å². The minimum absolute atomic E-state index is 0.267. The number of amidine groups is 1. The van der Waals surface area contributed by atoms with Crippen molar-refractivity contribution < 1.29 is 8.42 Å². The first-order chi connectivity index (χ1) is 12.0. The van der Waals surface area contributed by atoms with Crippen LogP contribution in [0.15, 0.2) is 40.4 Å². The molecule has 6 nitrogen and oxygen atoms in total. The Bertz CT molecular complexity index is 886. The van der Waals surface area contributed by atoms with Crippen LogP contribution in [-0.2, 0) is 23.0 Å². The van der Waals surface area contributed by atoms with Crippen LogP contribution in [0.2, 0.25) is 0 Å². The maximum absolute atomic E-state index is 12.9. The number of aromatic nitrogens is 2. The lowest BCUT2D eigenvalue weighted by atomic mass is 10.1. The van der Waals surface area contributed by atoms with Crippen LogP contribution in [0.1, 0.15) is 23.7 Å². The van der Waals surface area contributed by atoms with Gasteiger partial charge in [-0.1, -0.05) is 29.5 Å². The van der Waals surface area contributed by atoms with Crippen molar-refractivity contribution in [2.24, 2.45) is 4.99 Å². The fourth-order valence-corrected chi connectivity index (χ4v) is 4.93. The molecule has 0 saturated heterocycles. The van der Waals surface area contributed by atoms with Gasteiger partial charge in [-0.05, 0) is 32.2 Å². The third kappa shape index (κ3) is 3.46. The van der Waals surface area contributed by atoms with Gasteiger partial charge >= 0.3 is 0 Å². The SMILES string of the molecule is CC/N=C(\SC)N1CCc2c(cnn2S(=O)(=O)c2ccc(C)cc2)C1. The number of fused-ring (bicyclic) bond motifs is 1. The number of aliphatic imine (C=N–C) groups is 1. The summed E-state index contributed by atoms with van der Waals surface area (Å²) in [6.07, 6.45) is 4.30. The Morgan fingerprint density at radius 2 is 2.04 bits per heavy atom. The van der Waals surface area contributed by atoms with E-state index < -0.39 is 10.0 Å². The second-order valence-corrected chi connectivity index (χ2v) is 8.45. The van der Waals surface area contributed by atoms with Crippen LogP contribution in [0.3, 0.4) is 0 Å². The maximum atomic E-state index is 12.9. The van der Waals surface area contributed by atoms with Crippen molar-refractivity contribution in [1.29, 1.82) is 0 Å². The van der Waals surface area contributed by atoms with Gasteiger partial charge in [0.2, 0.25) is 0 Å². The zero-order valence-corrected chi connectivity index (χ0v) is 16.3. The smallest absolute Gasteiger partial charge is 0.283 e. The van der Waals surface area contributed by atoms with Crippen molar-refractivity contribution in [3.63, 3.8) is 0 Å². The third-order valence-corrected chi connectivity index (χ3v) is 6.58. The molecule has 1 aromatic carbocycles. The quantitative estimate of drug-likeness (QED) is 0.606. The molecule has 2 aromatic rings. The summed E-state index contributed by atoms with van der Waals surface area (Å²) in [4.78, 5) is 6.96. The van der Waals surface area contributed by atoms with Gasteiger partial charge < -0.3 is 4.90 Å². The van der Waals surface area contributed by atoms with Gasteiger partial charge in [0, 0.05) is 31.6 Å². The third-order valence-electron chi connectivity index (χ3n) is 4.19. The van der Waals surface area contributed by atoms with Gasteiger partial charge in [0.25, 0.3) is 10.0 Å². The molecule has 25 heavy (non-hydrogen) atoms. The van der Waals surface area contributed by atoms with Crippen LogP contribution in [0.5, 0.6) is 0 Å². The first kappa shape index (κ1) is 18.0. The lowest BCUT2D eigenvalue weighted by Crippen LogP contribution is -2.35. The van der Waals surface area contributed by atoms with E-state index in [1.165, 1.54) is 4.09 Å². The van der Waals surface area contributed by atoms with Gasteiger partial charge in [0.1, 0.15) is 0 Å². The predicted octanol–water partition coefficient (Wildman–Crippen LogP) is 2.53. The predicted molar refractivity (Wildman–Crippen MR) is 102 cm³/mol.